The third kappa shape index (κ3) is 7.59. The second-order valence-corrected chi connectivity index (χ2v) is 2.01. The average molecular weight is 142 g/mol. The zero-order chi connectivity index (χ0) is 7.66. The molecule has 0 aromatic heterocycles. The molecule has 1 radical (unpaired) electrons. The van der Waals surface area contributed by atoms with Gasteiger partial charge in [-0.25, -0.2) is 0 Å². The van der Waals surface area contributed by atoms with Crippen LogP contribution in [0.15, 0.2) is 4.99 Å². The van der Waals surface area contributed by atoms with Crippen molar-refractivity contribution in [2.45, 2.75) is 6.92 Å². The van der Waals surface area contributed by atoms with Crippen molar-refractivity contribution in [3.05, 3.63) is 0 Å². The van der Waals surface area contributed by atoms with Crippen molar-refractivity contribution in [2.24, 2.45) is 4.99 Å². The summed E-state index contributed by atoms with van der Waals surface area (Å²) >= 11 is 0. The van der Waals surface area contributed by atoms with Crippen LogP contribution in [0.3, 0.4) is 0 Å². The van der Waals surface area contributed by atoms with E-state index < -0.39 is 0 Å². The lowest BCUT2D eigenvalue weighted by Gasteiger charge is -2.01. The maximum absolute atomic E-state index is 4.94. The van der Waals surface area contributed by atoms with Gasteiger partial charge in [-0.15, -0.1) is 0 Å². The maximum Gasteiger partial charge on any atom is 0.0514 e. The lowest BCUT2D eigenvalue weighted by molar-refractivity contribution is 0.629. The molecule has 3 nitrogen and oxygen atoms in total. The van der Waals surface area contributed by atoms with Crippen LogP contribution in [0.4, 0.5) is 0 Å². The van der Waals surface area contributed by atoms with Crippen LogP contribution >= 0.6 is 0 Å². The molecule has 0 heterocycles. The number of hydrogen-bond acceptors (Lipinski definition) is 3. The number of nitrogens with one attached hydrogen (secondary N) is 2. The summed E-state index contributed by atoms with van der Waals surface area (Å²) in [6.07, 6.45) is 0. The first kappa shape index (κ1) is 9.59. The Morgan fingerprint density at radius 2 is 1.90 bits per heavy atom. The van der Waals surface area contributed by atoms with E-state index in [4.69, 9.17) is 6.72 Å². The topological polar surface area (TPSA) is 36.4 Å². The van der Waals surface area contributed by atoms with Crippen LogP contribution in [-0.2, 0) is 0 Å². The Bertz CT molecular complexity index is 73.3. The molecule has 3 heteroatoms. The van der Waals surface area contributed by atoms with Gasteiger partial charge >= 0.3 is 0 Å². The van der Waals surface area contributed by atoms with E-state index in [1.54, 1.807) is 0 Å². The second kappa shape index (κ2) is 8.59. The van der Waals surface area contributed by atoms with E-state index in [0.29, 0.717) is 6.54 Å². The van der Waals surface area contributed by atoms with Gasteiger partial charge in [0.15, 0.2) is 0 Å². The SMILES string of the molecule is [CH]=NCCNCCNCC. The fourth-order valence-corrected chi connectivity index (χ4v) is 0.622. The van der Waals surface area contributed by atoms with Gasteiger partial charge in [0.2, 0.25) is 0 Å². The van der Waals surface area contributed by atoms with Gasteiger partial charge in [0.25, 0.3) is 0 Å². The van der Waals surface area contributed by atoms with Crippen LogP contribution in [0.5, 0.6) is 0 Å². The van der Waals surface area contributed by atoms with Crippen molar-refractivity contribution in [2.75, 3.05) is 32.7 Å². The van der Waals surface area contributed by atoms with E-state index in [2.05, 4.69) is 22.5 Å². The molecule has 0 aromatic carbocycles. The summed E-state index contributed by atoms with van der Waals surface area (Å²) in [4.78, 5) is 3.47. The molecule has 0 aliphatic carbocycles. The van der Waals surface area contributed by atoms with Crippen LogP contribution < -0.4 is 10.6 Å². The molecule has 0 aromatic rings. The molecule has 59 valence electrons. The van der Waals surface area contributed by atoms with Gasteiger partial charge in [0.05, 0.1) is 6.54 Å². The van der Waals surface area contributed by atoms with Crippen molar-refractivity contribution in [1.29, 1.82) is 0 Å². The number of likely N-dealkylation sites (N-methyl/N-ethyl adjacent to an activating group) is 1. The third-order valence-corrected chi connectivity index (χ3v) is 1.15. The molecule has 0 amide bonds. The molecular weight excluding hydrogens is 126 g/mol. The molecule has 0 saturated heterocycles. The van der Waals surface area contributed by atoms with Gasteiger partial charge in [-0.05, 0) is 6.54 Å². The third-order valence-electron chi connectivity index (χ3n) is 1.15. The van der Waals surface area contributed by atoms with E-state index in [0.717, 1.165) is 26.2 Å². The summed E-state index contributed by atoms with van der Waals surface area (Å²) in [5, 5.41) is 6.39. The zero-order valence-corrected chi connectivity index (χ0v) is 6.56. The van der Waals surface area contributed by atoms with Crippen molar-refractivity contribution in [3.63, 3.8) is 0 Å². The normalized spacial score (nSPS) is 9.70. The zero-order valence-electron chi connectivity index (χ0n) is 6.56. The highest BCUT2D eigenvalue weighted by Crippen LogP contribution is 1.62. The average Bonchev–Trinajstić information content (AvgIpc) is 1.97. The quantitative estimate of drug-likeness (QED) is 0.380. The van der Waals surface area contributed by atoms with E-state index in [9.17, 15) is 0 Å². The van der Waals surface area contributed by atoms with Crippen molar-refractivity contribution in [3.8, 4) is 0 Å². The predicted molar refractivity (Wildman–Crippen MR) is 44.8 cm³/mol. The van der Waals surface area contributed by atoms with Crippen molar-refractivity contribution < 1.29 is 0 Å². The first-order chi connectivity index (χ1) is 4.91. The largest absolute Gasteiger partial charge is 0.316 e. The lowest BCUT2D eigenvalue weighted by atomic mass is 10.5. The highest BCUT2D eigenvalue weighted by molar-refractivity contribution is 5.23. The fraction of sp³-hybridized carbons (Fsp3) is 0.857. The van der Waals surface area contributed by atoms with Gasteiger partial charge < -0.3 is 10.6 Å². The summed E-state index contributed by atoms with van der Waals surface area (Å²) in [6.45, 7) is 11.6. The van der Waals surface area contributed by atoms with Crippen LogP contribution in [0.2, 0.25) is 0 Å². The van der Waals surface area contributed by atoms with Gasteiger partial charge in [-0.1, -0.05) is 6.92 Å². The Morgan fingerprint density at radius 1 is 1.20 bits per heavy atom. The summed E-state index contributed by atoms with van der Waals surface area (Å²) in [5.74, 6) is 0. The molecule has 2 N–H and O–H groups in total. The minimum atomic E-state index is 0.701. The molecule has 0 aliphatic heterocycles. The molecule has 10 heavy (non-hydrogen) atoms. The van der Waals surface area contributed by atoms with Crippen molar-refractivity contribution >= 4 is 6.72 Å². The van der Waals surface area contributed by atoms with E-state index in [-0.39, 0.29) is 0 Å². The second-order valence-electron chi connectivity index (χ2n) is 2.01. The van der Waals surface area contributed by atoms with Crippen LogP contribution in [0.1, 0.15) is 6.92 Å². The minimum Gasteiger partial charge on any atom is -0.316 e. The maximum atomic E-state index is 4.94. The number of rotatable bonds is 7. The molecule has 0 spiro atoms. The molecular formula is C7H16N3. The number of nitrogens with zero attached hydrogens (tertiary/aromatic N) is 1. The molecule has 0 bridgehead atoms. The molecule has 0 unspecified atom stereocenters. The van der Waals surface area contributed by atoms with Crippen LogP contribution in [0.25, 0.3) is 0 Å². The smallest absolute Gasteiger partial charge is 0.0514 e. The minimum absolute atomic E-state index is 0.701. The first-order valence-corrected chi connectivity index (χ1v) is 3.70. The van der Waals surface area contributed by atoms with Gasteiger partial charge in [-0.3, -0.25) is 4.99 Å². The Labute approximate surface area is 62.9 Å². The highest BCUT2D eigenvalue weighted by atomic mass is 14.9. The number of aliphatic imine (C=N–C) groups is 1. The van der Waals surface area contributed by atoms with Crippen molar-refractivity contribution in [1.82, 2.24) is 10.6 Å². The lowest BCUT2D eigenvalue weighted by Crippen LogP contribution is -2.28. The van der Waals surface area contributed by atoms with E-state index >= 15 is 0 Å². The first-order valence-electron chi connectivity index (χ1n) is 3.70. The Morgan fingerprint density at radius 3 is 2.50 bits per heavy atom. The molecule has 0 atom stereocenters. The summed E-state index contributed by atoms with van der Waals surface area (Å²) < 4.78 is 0. The molecule has 0 saturated carbocycles. The predicted octanol–water partition coefficient (Wildman–Crippen LogP) is -0.237. The highest BCUT2D eigenvalue weighted by Gasteiger charge is 1.83. The summed E-state index contributed by atoms with van der Waals surface area (Å²) in [7, 11) is 0. The standard InChI is InChI=1S/C7H16N3/c1-3-9-6-7-10-5-4-8-2/h2,9-10H,3-7H2,1H3. The van der Waals surface area contributed by atoms with E-state index in [1.165, 1.54) is 0 Å². The van der Waals surface area contributed by atoms with Gasteiger partial charge in [0.1, 0.15) is 0 Å². The summed E-state index contributed by atoms with van der Waals surface area (Å²) in [5.41, 5.74) is 0. The molecule has 0 rings (SSSR count). The Kier molecular flexibility index (Phi) is 8.24. The van der Waals surface area contributed by atoms with Gasteiger partial charge in [-0.2, -0.15) is 0 Å². The molecule has 0 aliphatic rings. The van der Waals surface area contributed by atoms with E-state index in [1.807, 2.05) is 0 Å². The Balaban J connectivity index is 2.70. The van der Waals surface area contributed by atoms with Crippen LogP contribution in [-0.4, -0.2) is 39.4 Å². The Hall–Kier alpha value is -0.410. The monoisotopic (exact) mass is 142 g/mol. The van der Waals surface area contributed by atoms with Crippen LogP contribution in [0, 0.1) is 0 Å². The number of hydrogen-bond donors (Lipinski definition) is 2. The van der Waals surface area contributed by atoms with Gasteiger partial charge in [0, 0.05) is 26.4 Å². The summed E-state index contributed by atoms with van der Waals surface area (Å²) in [6, 6.07) is 0. The fourth-order valence-electron chi connectivity index (χ4n) is 0.622. The molecule has 0 fully saturated rings.